The summed E-state index contributed by atoms with van der Waals surface area (Å²) in [5.74, 6) is 0.607. The summed E-state index contributed by atoms with van der Waals surface area (Å²) in [6.07, 6.45) is 1.57. The molecule has 0 saturated carbocycles. The molecule has 6 heteroatoms. The third-order valence-corrected chi connectivity index (χ3v) is 2.20. The molecule has 1 aromatic rings. The summed E-state index contributed by atoms with van der Waals surface area (Å²) in [6, 6.07) is 3.50. The Hall–Kier alpha value is -1.69. The largest absolute Gasteiger partial charge is 0.389 e. The van der Waals surface area contributed by atoms with Gasteiger partial charge in [-0.25, -0.2) is 4.98 Å². The maximum absolute atomic E-state index is 11.3. The first-order chi connectivity index (χ1) is 7.50. The van der Waals surface area contributed by atoms with Gasteiger partial charge in [-0.3, -0.25) is 4.79 Å². The smallest absolute Gasteiger partial charge is 0.241 e. The molecule has 0 bridgehead atoms. The molecule has 0 radical (unpaired) electrons. The highest BCUT2D eigenvalue weighted by molar-refractivity contribution is 7.80. The van der Waals surface area contributed by atoms with Crippen LogP contribution in [0.25, 0.3) is 0 Å². The van der Waals surface area contributed by atoms with E-state index in [1.807, 2.05) is 0 Å². The fraction of sp³-hybridized carbons (Fsp3) is 0.300. The van der Waals surface area contributed by atoms with Gasteiger partial charge >= 0.3 is 0 Å². The fourth-order valence-corrected chi connectivity index (χ4v) is 1.09. The molecule has 0 aliphatic heterocycles. The van der Waals surface area contributed by atoms with Gasteiger partial charge < -0.3 is 16.0 Å². The molecule has 1 heterocycles. The summed E-state index contributed by atoms with van der Waals surface area (Å²) in [5, 5.41) is 2.91. The molecular formula is C10H14N4OS. The highest BCUT2D eigenvalue weighted by atomic mass is 32.1. The lowest BCUT2D eigenvalue weighted by Gasteiger charge is -2.11. The molecule has 5 nitrogen and oxygen atoms in total. The van der Waals surface area contributed by atoms with Gasteiger partial charge in [0.1, 0.15) is 10.8 Å². The quantitative estimate of drug-likeness (QED) is 0.734. The molecule has 1 aromatic heterocycles. The molecule has 0 fully saturated rings. The summed E-state index contributed by atoms with van der Waals surface area (Å²) in [7, 11) is 3.40. The number of likely N-dealkylation sites (N-methyl/N-ethyl adjacent to an activating group) is 1. The average Bonchev–Trinajstić information content (AvgIpc) is 2.26. The van der Waals surface area contributed by atoms with Gasteiger partial charge in [0.2, 0.25) is 5.91 Å². The Morgan fingerprint density at radius 2 is 2.25 bits per heavy atom. The number of amides is 1. The standard InChI is InChI=1S/C10H14N4OS/c1-14(2)9(15)6-13-8-4-3-7(5-12-8)10(11)16/h3-5H,6H2,1-2H3,(H2,11,16)(H,12,13). The number of carbonyl (C=O) groups is 1. The molecule has 1 rings (SSSR count). The van der Waals surface area contributed by atoms with Crippen LogP contribution in [0.5, 0.6) is 0 Å². The molecule has 0 atom stereocenters. The first kappa shape index (κ1) is 12.4. The Bertz CT molecular complexity index is 388. The average molecular weight is 238 g/mol. The van der Waals surface area contributed by atoms with Crippen LogP contribution in [0.2, 0.25) is 0 Å². The lowest BCUT2D eigenvalue weighted by molar-refractivity contribution is -0.126. The third kappa shape index (κ3) is 3.47. The van der Waals surface area contributed by atoms with Crippen molar-refractivity contribution in [3.8, 4) is 0 Å². The van der Waals surface area contributed by atoms with Crippen molar-refractivity contribution in [2.24, 2.45) is 5.73 Å². The summed E-state index contributed by atoms with van der Waals surface area (Å²) < 4.78 is 0. The van der Waals surface area contributed by atoms with Gasteiger partial charge in [0.05, 0.1) is 6.54 Å². The molecule has 16 heavy (non-hydrogen) atoms. The number of hydrogen-bond acceptors (Lipinski definition) is 4. The van der Waals surface area contributed by atoms with Crippen LogP contribution in [0.4, 0.5) is 5.82 Å². The second-order valence-electron chi connectivity index (χ2n) is 3.44. The van der Waals surface area contributed by atoms with Gasteiger partial charge in [0, 0.05) is 25.9 Å². The molecule has 86 valence electrons. The van der Waals surface area contributed by atoms with E-state index in [9.17, 15) is 4.79 Å². The van der Waals surface area contributed by atoms with E-state index in [-0.39, 0.29) is 12.5 Å². The van der Waals surface area contributed by atoms with E-state index < -0.39 is 0 Å². The Labute approximate surface area is 99.6 Å². The minimum atomic E-state index is -0.0137. The highest BCUT2D eigenvalue weighted by Gasteiger charge is 2.03. The topological polar surface area (TPSA) is 71.2 Å². The van der Waals surface area contributed by atoms with Crippen molar-refractivity contribution >= 4 is 28.9 Å². The molecule has 3 N–H and O–H groups in total. The highest BCUT2D eigenvalue weighted by Crippen LogP contribution is 2.04. The van der Waals surface area contributed by atoms with Crippen molar-refractivity contribution < 1.29 is 4.79 Å². The lowest BCUT2D eigenvalue weighted by atomic mass is 10.3. The Morgan fingerprint density at radius 1 is 1.56 bits per heavy atom. The summed E-state index contributed by atoms with van der Waals surface area (Å²) >= 11 is 4.80. The first-order valence-corrected chi connectivity index (χ1v) is 5.11. The van der Waals surface area contributed by atoms with Crippen molar-refractivity contribution in [2.75, 3.05) is 26.0 Å². The monoisotopic (exact) mass is 238 g/mol. The minimum Gasteiger partial charge on any atom is -0.389 e. The van der Waals surface area contributed by atoms with Gasteiger partial charge in [-0.05, 0) is 12.1 Å². The number of nitrogens with two attached hydrogens (primary N) is 1. The molecule has 0 aromatic carbocycles. The number of aromatic nitrogens is 1. The number of carbonyl (C=O) groups excluding carboxylic acids is 1. The first-order valence-electron chi connectivity index (χ1n) is 4.70. The van der Waals surface area contributed by atoms with E-state index in [0.717, 1.165) is 0 Å². The van der Waals surface area contributed by atoms with Crippen LogP contribution in [0, 0.1) is 0 Å². The Kier molecular flexibility index (Phi) is 4.19. The summed E-state index contributed by atoms with van der Waals surface area (Å²) in [5.41, 5.74) is 6.14. The number of anilines is 1. The van der Waals surface area contributed by atoms with E-state index in [4.69, 9.17) is 18.0 Å². The molecule has 0 spiro atoms. The number of nitrogens with zero attached hydrogens (tertiary/aromatic N) is 2. The van der Waals surface area contributed by atoms with Crippen molar-refractivity contribution in [3.63, 3.8) is 0 Å². The summed E-state index contributed by atoms with van der Waals surface area (Å²) in [6.45, 7) is 0.215. The number of nitrogens with one attached hydrogen (secondary N) is 1. The summed E-state index contributed by atoms with van der Waals surface area (Å²) in [4.78, 5) is 17.2. The van der Waals surface area contributed by atoms with Crippen LogP contribution in [0.3, 0.4) is 0 Å². The molecule has 0 aliphatic carbocycles. The second kappa shape index (κ2) is 5.41. The zero-order valence-corrected chi connectivity index (χ0v) is 10.0. The van der Waals surface area contributed by atoms with E-state index in [1.54, 1.807) is 32.4 Å². The van der Waals surface area contributed by atoms with E-state index >= 15 is 0 Å². The van der Waals surface area contributed by atoms with Crippen molar-refractivity contribution in [1.29, 1.82) is 0 Å². The van der Waals surface area contributed by atoms with Crippen LogP contribution in [-0.2, 0) is 4.79 Å². The lowest BCUT2D eigenvalue weighted by Crippen LogP contribution is -2.28. The SMILES string of the molecule is CN(C)C(=O)CNc1ccc(C(N)=S)cn1. The van der Waals surface area contributed by atoms with Crippen LogP contribution >= 0.6 is 12.2 Å². The number of rotatable bonds is 4. The zero-order valence-electron chi connectivity index (χ0n) is 9.23. The molecule has 1 amide bonds. The van der Waals surface area contributed by atoms with E-state index in [2.05, 4.69) is 10.3 Å². The van der Waals surface area contributed by atoms with Crippen LogP contribution in [-0.4, -0.2) is 41.4 Å². The van der Waals surface area contributed by atoms with Gasteiger partial charge in [0.15, 0.2) is 0 Å². The predicted molar refractivity (Wildman–Crippen MR) is 67.3 cm³/mol. The fourth-order valence-electron chi connectivity index (χ4n) is 0.968. The molecular weight excluding hydrogens is 224 g/mol. The molecule has 0 unspecified atom stereocenters. The van der Waals surface area contributed by atoms with Crippen molar-refractivity contribution in [3.05, 3.63) is 23.9 Å². The van der Waals surface area contributed by atoms with Crippen molar-refractivity contribution in [1.82, 2.24) is 9.88 Å². The third-order valence-electron chi connectivity index (χ3n) is 1.97. The molecule has 0 saturated heterocycles. The van der Waals surface area contributed by atoms with Gasteiger partial charge in [0.25, 0.3) is 0 Å². The van der Waals surface area contributed by atoms with Crippen LogP contribution < -0.4 is 11.1 Å². The van der Waals surface area contributed by atoms with Gasteiger partial charge in [-0.15, -0.1) is 0 Å². The maximum atomic E-state index is 11.3. The second-order valence-corrected chi connectivity index (χ2v) is 3.88. The normalized spacial score (nSPS) is 9.62. The number of pyridine rings is 1. The maximum Gasteiger partial charge on any atom is 0.241 e. The zero-order chi connectivity index (χ0) is 12.1. The van der Waals surface area contributed by atoms with Gasteiger partial charge in [-0.1, -0.05) is 12.2 Å². The van der Waals surface area contributed by atoms with Gasteiger partial charge in [-0.2, -0.15) is 0 Å². The van der Waals surface area contributed by atoms with Crippen LogP contribution in [0.15, 0.2) is 18.3 Å². The molecule has 0 aliphatic rings. The Morgan fingerprint density at radius 3 is 2.69 bits per heavy atom. The van der Waals surface area contributed by atoms with Crippen LogP contribution in [0.1, 0.15) is 5.56 Å². The van der Waals surface area contributed by atoms with Crippen molar-refractivity contribution in [2.45, 2.75) is 0 Å². The number of thiocarbonyl (C=S) groups is 1. The van der Waals surface area contributed by atoms with E-state index in [0.29, 0.717) is 16.4 Å². The predicted octanol–water partition coefficient (Wildman–Crippen LogP) is 0.216. The number of hydrogen-bond donors (Lipinski definition) is 2. The van der Waals surface area contributed by atoms with E-state index in [1.165, 1.54) is 4.90 Å². The Balaban J connectivity index is 2.56. The minimum absolute atomic E-state index is 0.0137.